The summed E-state index contributed by atoms with van der Waals surface area (Å²) in [5.41, 5.74) is 3.65. The summed E-state index contributed by atoms with van der Waals surface area (Å²) in [5.74, 6) is 0.735. The van der Waals surface area contributed by atoms with Gasteiger partial charge in [0.1, 0.15) is 17.5 Å². The van der Waals surface area contributed by atoms with E-state index >= 15 is 0 Å². The summed E-state index contributed by atoms with van der Waals surface area (Å²) in [4.78, 5) is 44.1. The number of carbonyl (C=O) groups excluding carboxylic acids is 3. The molecule has 0 radical (unpaired) electrons. The van der Waals surface area contributed by atoms with E-state index in [0.717, 1.165) is 11.1 Å². The smallest absolute Gasteiger partial charge is 0.322 e. The van der Waals surface area contributed by atoms with Gasteiger partial charge in [0.05, 0.1) is 23.9 Å². The third kappa shape index (κ3) is 5.99. The van der Waals surface area contributed by atoms with Gasteiger partial charge < -0.3 is 20.3 Å². The number of benzene rings is 4. The zero-order chi connectivity index (χ0) is 29.8. The molecule has 0 fully saturated rings. The van der Waals surface area contributed by atoms with Gasteiger partial charge in [-0.15, -0.1) is 0 Å². The first-order valence-electron chi connectivity index (χ1n) is 14.2. The number of para-hydroxylation sites is 1. The van der Waals surface area contributed by atoms with E-state index in [2.05, 4.69) is 10.6 Å². The molecule has 2 N–H and O–H groups in total. The van der Waals surface area contributed by atoms with Crippen LogP contribution in [0.1, 0.15) is 22.7 Å². The predicted molar refractivity (Wildman–Crippen MR) is 163 cm³/mol. The summed E-state index contributed by atoms with van der Waals surface area (Å²) in [6.45, 7) is 0.488. The monoisotopic (exact) mass is 572 g/mol. The average molecular weight is 573 g/mol. The van der Waals surface area contributed by atoms with Gasteiger partial charge in [0.25, 0.3) is 5.91 Å². The van der Waals surface area contributed by atoms with Crippen LogP contribution in [0.25, 0.3) is 0 Å². The third-order valence-corrected chi connectivity index (χ3v) is 7.82. The fourth-order valence-electron chi connectivity index (χ4n) is 5.56. The summed E-state index contributed by atoms with van der Waals surface area (Å²) >= 11 is 0. The van der Waals surface area contributed by atoms with Crippen molar-refractivity contribution in [2.45, 2.75) is 25.0 Å². The van der Waals surface area contributed by atoms with Crippen LogP contribution in [0.2, 0.25) is 0 Å². The minimum Gasteiger partial charge on any atom is -0.457 e. The highest BCUT2D eigenvalue weighted by Gasteiger charge is 2.46. The van der Waals surface area contributed by atoms with Crippen molar-refractivity contribution >= 4 is 17.8 Å². The van der Waals surface area contributed by atoms with Crippen LogP contribution in [-0.2, 0) is 22.6 Å². The van der Waals surface area contributed by atoms with Crippen molar-refractivity contribution < 1.29 is 19.1 Å². The highest BCUT2D eigenvalue weighted by molar-refractivity contribution is 6.03. The molecule has 0 aliphatic carbocycles. The highest BCUT2D eigenvalue weighted by atomic mass is 16.5. The van der Waals surface area contributed by atoms with Crippen molar-refractivity contribution in [3.05, 3.63) is 143 Å². The molecule has 0 saturated heterocycles. The number of rotatable bonds is 9. The second kappa shape index (κ2) is 12.2. The Morgan fingerprint density at radius 1 is 0.860 bits per heavy atom. The molecule has 2 aliphatic rings. The quantitative estimate of drug-likeness (QED) is 0.289. The molecule has 0 aromatic heterocycles. The lowest BCUT2D eigenvalue weighted by atomic mass is 9.95. The van der Waals surface area contributed by atoms with Gasteiger partial charge in [0.15, 0.2) is 0 Å². The lowest BCUT2D eigenvalue weighted by molar-refractivity contribution is -0.136. The maximum Gasteiger partial charge on any atom is 0.322 e. The van der Waals surface area contributed by atoms with Crippen LogP contribution >= 0.6 is 0 Å². The molecule has 0 unspecified atom stereocenters. The zero-order valence-electron chi connectivity index (χ0n) is 23.8. The molecule has 0 spiro atoms. The number of hydrogen-bond donors (Lipinski definition) is 2. The predicted octanol–water partition coefficient (Wildman–Crippen LogP) is 5.20. The lowest BCUT2D eigenvalue weighted by Crippen LogP contribution is -2.49. The fraction of sp³-hybridized carbons (Fsp3) is 0.171. The van der Waals surface area contributed by atoms with Crippen molar-refractivity contribution in [3.8, 4) is 11.5 Å². The van der Waals surface area contributed by atoms with Gasteiger partial charge in [0.2, 0.25) is 5.91 Å². The maximum absolute atomic E-state index is 14.2. The topological polar surface area (TPSA) is 91.0 Å². The van der Waals surface area contributed by atoms with E-state index < -0.39 is 12.1 Å². The molecule has 4 aromatic carbocycles. The van der Waals surface area contributed by atoms with E-state index in [4.69, 9.17) is 4.74 Å². The summed E-state index contributed by atoms with van der Waals surface area (Å²) in [6, 6.07) is 34.3. The molecule has 2 aliphatic heterocycles. The van der Waals surface area contributed by atoms with Crippen LogP contribution in [0.15, 0.2) is 127 Å². The molecule has 43 heavy (non-hydrogen) atoms. The Hall–Kier alpha value is -5.37. The van der Waals surface area contributed by atoms with E-state index in [0.29, 0.717) is 41.3 Å². The van der Waals surface area contributed by atoms with Crippen molar-refractivity contribution in [1.82, 2.24) is 20.4 Å². The number of hydrogen-bond acceptors (Lipinski definition) is 4. The molecular formula is C35H32N4O4. The summed E-state index contributed by atoms with van der Waals surface area (Å²) < 4.78 is 6.03. The van der Waals surface area contributed by atoms with E-state index in [1.54, 1.807) is 11.9 Å². The van der Waals surface area contributed by atoms with Crippen molar-refractivity contribution in [2.24, 2.45) is 0 Å². The van der Waals surface area contributed by atoms with Crippen LogP contribution < -0.4 is 15.4 Å². The molecule has 0 saturated carbocycles. The van der Waals surface area contributed by atoms with Gasteiger partial charge in [0, 0.05) is 20.0 Å². The maximum atomic E-state index is 14.2. The van der Waals surface area contributed by atoms with E-state index in [1.807, 2.05) is 115 Å². The van der Waals surface area contributed by atoms with Gasteiger partial charge >= 0.3 is 6.03 Å². The Balaban J connectivity index is 1.29. The molecule has 2 heterocycles. The molecule has 4 amide bonds. The van der Waals surface area contributed by atoms with Gasteiger partial charge in [-0.2, -0.15) is 0 Å². The van der Waals surface area contributed by atoms with Crippen LogP contribution in [0.3, 0.4) is 0 Å². The van der Waals surface area contributed by atoms with Gasteiger partial charge in [-0.05, 0) is 41.0 Å². The molecule has 8 nitrogen and oxygen atoms in total. The second-order valence-electron chi connectivity index (χ2n) is 10.6. The second-order valence-corrected chi connectivity index (χ2v) is 10.6. The molecule has 216 valence electrons. The molecule has 6 rings (SSSR count). The Morgan fingerprint density at radius 3 is 2.19 bits per heavy atom. The zero-order valence-corrected chi connectivity index (χ0v) is 23.8. The Morgan fingerprint density at radius 2 is 1.49 bits per heavy atom. The number of ether oxygens (including phenoxy) is 1. The van der Waals surface area contributed by atoms with Gasteiger partial charge in [-0.1, -0.05) is 91.0 Å². The van der Waals surface area contributed by atoms with Gasteiger partial charge in [-0.3, -0.25) is 14.5 Å². The Labute approximate surface area is 250 Å². The number of urea groups is 1. The number of nitrogens with one attached hydrogen (secondary N) is 2. The van der Waals surface area contributed by atoms with Crippen molar-refractivity contribution in [3.63, 3.8) is 0 Å². The van der Waals surface area contributed by atoms with Crippen LogP contribution in [0.4, 0.5) is 4.79 Å². The first kappa shape index (κ1) is 27.8. The summed E-state index contributed by atoms with van der Waals surface area (Å²) in [6.07, 6.45) is 0.337. The number of nitrogens with zero attached hydrogens (tertiary/aromatic N) is 2. The average Bonchev–Trinajstić information content (AvgIpc) is 3.39. The first-order valence-corrected chi connectivity index (χ1v) is 14.2. The standard InChI is InChI=1S/C35H32N4O4/c1-38-30-23-39(29(20-24-12-5-2-6-13-24)33(40)36-22-25-14-7-3-8-15-25)34(41)31(30)32(37-35(38)42)26-16-11-19-28(21-26)43-27-17-9-4-10-18-27/h2-19,21,29,32H,20,22-23H2,1H3,(H,36,40)(H,37,42)/t29-,32+/m0/s1. The SMILES string of the molecule is CN1C(=O)N[C@H](c2cccc(Oc3ccccc3)c2)C2=C1CN([C@@H](Cc1ccccc1)C(=O)NCc1ccccc1)C2=O. The number of carbonyl (C=O) groups is 3. The van der Waals surface area contributed by atoms with Crippen molar-refractivity contribution in [2.75, 3.05) is 13.6 Å². The first-order chi connectivity index (χ1) is 21.0. The fourth-order valence-corrected chi connectivity index (χ4v) is 5.56. The molecule has 8 heteroatoms. The Kier molecular flexibility index (Phi) is 7.91. The van der Waals surface area contributed by atoms with Crippen molar-refractivity contribution in [1.29, 1.82) is 0 Å². The molecule has 0 bridgehead atoms. The highest BCUT2D eigenvalue weighted by Crippen LogP contribution is 2.38. The third-order valence-electron chi connectivity index (χ3n) is 7.82. The minimum atomic E-state index is -0.777. The minimum absolute atomic E-state index is 0.144. The molecule has 2 atom stereocenters. The van der Waals surface area contributed by atoms with Crippen LogP contribution in [0, 0.1) is 0 Å². The molecular weight excluding hydrogens is 540 g/mol. The largest absolute Gasteiger partial charge is 0.457 e. The van der Waals surface area contributed by atoms with E-state index in [9.17, 15) is 14.4 Å². The van der Waals surface area contributed by atoms with E-state index in [-0.39, 0.29) is 24.4 Å². The van der Waals surface area contributed by atoms with E-state index in [1.165, 1.54) is 4.90 Å². The Bertz CT molecular complexity index is 1660. The van der Waals surface area contributed by atoms with Crippen LogP contribution in [0.5, 0.6) is 11.5 Å². The number of likely N-dealkylation sites (N-methyl/N-ethyl adjacent to an activating group) is 1. The van der Waals surface area contributed by atoms with Gasteiger partial charge in [-0.25, -0.2) is 4.79 Å². The summed E-state index contributed by atoms with van der Waals surface area (Å²) in [5, 5.41) is 6.01. The van der Waals surface area contributed by atoms with Crippen LogP contribution in [-0.4, -0.2) is 47.3 Å². The number of amides is 4. The lowest BCUT2D eigenvalue weighted by Gasteiger charge is -2.31. The summed E-state index contributed by atoms with van der Waals surface area (Å²) in [7, 11) is 1.65. The normalized spacial score (nSPS) is 16.9. The molecule has 4 aromatic rings.